The maximum absolute atomic E-state index is 5.01. The lowest BCUT2D eigenvalue weighted by Crippen LogP contribution is -1.91. The second kappa shape index (κ2) is 7.69. The van der Waals surface area contributed by atoms with Crippen molar-refractivity contribution in [2.24, 2.45) is 0 Å². The van der Waals surface area contributed by atoms with Crippen LogP contribution in [-0.2, 0) is 0 Å². The number of thiocarbonyl (C=S) groups is 1. The van der Waals surface area contributed by atoms with E-state index in [0.717, 1.165) is 18.4 Å². The smallest absolute Gasteiger partial charge is 0.00888 e. The van der Waals surface area contributed by atoms with Gasteiger partial charge in [-0.1, -0.05) is 49.9 Å². The van der Waals surface area contributed by atoms with Gasteiger partial charge in [0, 0.05) is 5.37 Å². The molecule has 0 N–H and O–H groups in total. The first kappa shape index (κ1) is 13.3. The fourth-order valence-electron chi connectivity index (χ4n) is 1.20. The van der Waals surface area contributed by atoms with Gasteiger partial charge in [0.05, 0.1) is 0 Å². The summed E-state index contributed by atoms with van der Waals surface area (Å²) in [6.07, 6.45) is 8.56. The van der Waals surface area contributed by atoms with Crippen molar-refractivity contribution in [3.63, 3.8) is 0 Å². The molecule has 0 aliphatic carbocycles. The van der Waals surface area contributed by atoms with E-state index in [4.69, 9.17) is 12.2 Å². The molecule has 0 amide bonds. The van der Waals surface area contributed by atoms with Gasteiger partial charge < -0.3 is 0 Å². The number of hydrogen-bond acceptors (Lipinski definition) is 1. The van der Waals surface area contributed by atoms with Crippen molar-refractivity contribution in [2.75, 3.05) is 0 Å². The summed E-state index contributed by atoms with van der Waals surface area (Å²) in [7, 11) is 0. The summed E-state index contributed by atoms with van der Waals surface area (Å²) in [5.74, 6) is 0. The summed E-state index contributed by atoms with van der Waals surface area (Å²) < 4.78 is 0. The first-order valence-corrected chi connectivity index (χ1v) is 5.66. The molecule has 0 aromatic carbocycles. The Balaban J connectivity index is 5.10. The van der Waals surface area contributed by atoms with Crippen LogP contribution < -0.4 is 0 Å². The maximum atomic E-state index is 5.01. The van der Waals surface area contributed by atoms with Gasteiger partial charge in [0.15, 0.2) is 0 Å². The zero-order valence-electron chi connectivity index (χ0n) is 9.63. The van der Waals surface area contributed by atoms with E-state index in [-0.39, 0.29) is 0 Å². The van der Waals surface area contributed by atoms with Gasteiger partial charge in [0.2, 0.25) is 0 Å². The molecule has 0 aliphatic rings. The molecule has 0 spiro atoms. The van der Waals surface area contributed by atoms with Crippen LogP contribution in [-0.4, -0.2) is 5.37 Å². The molecule has 14 heavy (non-hydrogen) atoms. The second-order valence-corrected chi connectivity index (χ2v) is 3.46. The van der Waals surface area contributed by atoms with Crippen LogP contribution in [0.15, 0.2) is 34.9 Å². The second-order valence-electron chi connectivity index (χ2n) is 3.22. The fraction of sp³-hybridized carbons (Fsp3) is 0.462. The predicted octanol–water partition coefficient (Wildman–Crippen LogP) is 4.63. The summed E-state index contributed by atoms with van der Waals surface area (Å²) in [6.45, 7) is 8.51. The molecular weight excluding hydrogens is 188 g/mol. The average molecular weight is 208 g/mol. The molecule has 0 aliphatic heterocycles. The van der Waals surface area contributed by atoms with Crippen LogP contribution in [0.5, 0.6) is 0 Å². The lowest BCUT2D eigenvalue weighted by molar-refractivity contribution is 1.08. The Bertz CT molecular complexity index is 267. The molecule has 0 aromatic rings. The normalized spacial score (nSPS) is 14.4. The molecule has 0 fully saturated rings. The van der Waals surface area contributed by atoms with Crippen LogP contribution in [0.2, 0.25) is 0 Å². The van der Waals surface area contributed by atoms with Crippen molar-refractivity contribution in [1.82, 2.24) is 0 Å². The zero-order valence-corrected chi connectivity index (χ0v) is 10.4. The molecule has 0 aromatic heterocycles. The van der Waals surface area contributed by atoms with Crippen molar-refractivity contribution in [3.05, 3.63) is 34.9 Å². The van der Waals surface area contributed by atoms with Crippen molar-refractivity contribution in [3.8, 4) is 0 Å². The molecule has 0 atom stereocenters. The molecule has 0 heterocycles. The topological polar surface area (TPSA) is 0 Å². The standard InChI is InChI=1S/C13H20S/c1-5-8-9-13(11(4)6-2)12(7-3)10-14/h7-10H,5-6H2,1-4H3/b9-8-,12-7-,13-11?. The highest BCUT2D eigenvalue weighted by molar-refractivity contribution is 7.79. The predicted molar refractivity (Wildman–Crippen MR) is 69.8 cm³/mol. The average Bonchev–Trinajstić information content (AvgIpc) is 2.23. The molecule has 0 saturated heterocycles. The fourth-order valence-corrected chi connectivity index (χ4v) is 1.46. The molecular formula is C13H20S. The Morgan fingerprint density at radius 2 is 1.93 bits per heavy atom. The van der Waals surface area contributed by atoms with Crippen LogP contribution in [0.3, 0.4) is 0 Å². The first-order chi connectivity index (χ1) is 6.71. The molecule has 0 radical (unpaired) electrons. The van der Waals surface area contributed by atoms with E-state index in [0.29, 0.717) is 0 Å². The number of allylic oxidation sites excluding steroid dienone is 6. The minimum absolute atomic E-state index is 1.06. The SMILES string of the molecule is C/C=C(/C=S)C(/C=C\CC)=C(C)CC. The molecule has 0 unspecified atom stereocenters. The van der Waals surface area contributed by atoms with Crippen LogP contribution in [0.1, 0.15) is 40.5 Å². The minimum atomic E-state index is 1.06. The van der Waals surface area contributed by atoms with Crippen molar-refractivity contribution >= 4 is 17.6 Å². The Labute approximate surface area is 93.4 Å². The lowest BCUT2D eigenvalue weighted by Gasteiger charge is -2.07. The van der Waals surface area contributed by atoms with E-state index in [2.05, 4.69) is 39.0 Å². The number of rotatable bonds is 5. The summed E-state index contributed by atoms with van der Waals surface area (Å²) in [5, 5.41) is 1.76. The highest BCUT2D eigenvalue weighted by atomic mass is 32.1. The summed E-state index contributed by atoms with van der Waals surface area (Å²) in [6, 6.07) is 0. The van der Waals surface area contributed by atoms with Gasteiger partial charge in [0.25, 0.3) is 0 Å². The van der Waals surface area contributed by atoms with Crippen LogP contribution >= 0.6 is 12.2 Å². The minimum Gasteiger partial charge on any atom is -0.0881 e. The van der Waals surface area contributed by atoms with E-state index in [1.807, 2.05) is 6.92 Å². The van der Waals surface area contributed by atoms with Gasteiger partial charge in [-0.25, -0.2) is 0 Å². The van der Waals surface area contributed by atoms with Gasteiger partial charge in [0.1, 0.15) is 0 Å². The largest absolute Gasteiger partial charge is 0.0881 e. The molecule has 0 rings (SSSR count). The summed E-state index contributed by atoms with van der Waals surface area (Å²) in [4.78, 5) is 0. The van der Waals surface area contributed by atoms with Crippen LogP contribution in [0.4, 0.5) is 0 Å². The molecule has 1 heteroatoms. The Hall–Kier alpha value is -0.690. The van der Waals surface area contributed by atoms with Gasteiger partial charge in [-0.15, -0.1) is 0 Å². The van der Waals surface area contributed by atoms with Gasteiger partial charge >= 0.3 is 0 Å². The van der Waals surface area contributed by atoms with Crippen molar-refractivity contribution in [2.45, 2.75) is 40.5 Å². The van der Waals surface area contributed by atoms with E-state index in [1.165, 1.54) is 11.1 Å². The lowest BCUT2D eigenvalue weighted by atomic mass is 9.99. The molecule has 0 bridgehead atoms. The maximum Gasteiger partial charge on any atom is 0.00888 e. The first-order valence-electron chi connectivity index (χ1n) is 5.19. The third-order valence-corrected chi connectivity index (χ3v) is 2.51. The van der Waals surface area contributed by atoms with Gasteiger partial charge in [-0.2, -0.15) is 0 Å². The van der Waals surface area contributed by atoms with E-state index in [9.17, 15) is 0 Å². The van der Waals surface area contributed by atoms with E-state index < -0.39 is 0 Å². The van der Waals surface area contributed by atoms with Gasteiger partial charge in [-0.3, -0.25) is 0 Å². The Kier molecular flexibility index (Phi) is 7.31. The Morgan fingerprint density at radius 1 is 1.29 bits per heavy atom. The molecule has 78 valence electrons. The van der Waals surface area contributed by atoms with Crippen LogP contribution in [0.25, 0.3) is 0 Å². The highest BCUT2D eigenvalue weighted by Gasteiger charge is 2.00. The third kappa shape index (κ3) is 4.01. The highest BCUT2D eigenvalue weighted by Crippen LogP contribution is 2.17. The Morgan fingerprint density at radius 3 is 2.29 bits per heavy atom. The summed E-state index contributed by atoms with van der Waals surface area (Å²) in [5.41, 5.74) is 3.83. The third-order valence-electron chi connectivity index (χ3n) is 2.26. The monoisotopic (exact) mass is 208 g/mol. The van der Waals surface area contributed by atoms with Gasteiger partial charge in [-0.05, 0) is 37.8 Å². The zero-order chi connectivity index (χ0) is 11.0. The van der Waals surface area contributed by atoms with E-state index >= 15 is 0 Å². The quantitative estimate of drug-likeness (QED) is 0.361. The molecule has 0 saturated carbocycles. The number of hydrogen-bond donors (Lipinski definition) is 0. The van der Waals surface area contributed by atoms with E-state index in [1.54, 1.807) is 5.37 Å². The van der Waals surface area contributed by atoms with Crippen molar-refractivity contribution < 1.29 is 0 Å². The van der Waals surface area contributed by atoms with Crippen molar-refractivity contribution in [1.29, 1.82) is 0 Å². The van der Waals surface area contributed by atoms with Crippen LogP contribution in [0, 0.1) is 0 Å². The molecule has 0 nitrogen and oxygen atoms in total. The summed E-state index contributed by atoms with van der Waals surface area (Å²) >= 11 is 5.01.